The van der Waals surface area contributed by atoms with Gasteiger partial charge in [-0.05, 0) is 84.9 Å². The molecule has 1 saturated heterocycles. The van der Waals surface area contributed by atoms with E-state index in [1.54, 1.807) is 79.7 Å². The van der Waals surface area contributed by atoms with E-state index in [1.807, 2.05) is 0 Å². The predicted molar refractivity (Wildman–Crippen MR) is 221 cm³/mol. The Morgan fingerprint density at radius 2 is 1.41 bits per heavy atom. The zero-order valence-electron chi connectivity index (χ0n) is 33.0. The average Bonchev–Trinajstić information content (AvgIpc) is 3.65. The maximum absolute atomic E-state index is 13.7. The summed E-state index contributed by atoms with van der Waals surface area (Å²) >= 11 is 6.43. The molecule has 58 heavy (non-hydrogen) atoms. The summed E-state index contributed by atoms with van der Waals surface area (Å²) in [6, 6.07) is 18.1. The van der Waals surface area contributed by atoms with Crippen LogP contribution in [0.3, 0.4) is 0 Å². The minimum atomic E-state index is -1.02. The molecule has 2 aliphatic rings. The summed E-state index contributed by atoms with van der Waals surface area (Å²) in [6.45, 7) is 2.46. The van der Waals surface area contributed by atoms with Crippen LogP contribution in [0.2, 0.25) is 5.02 Å². The van der Waals surface area contributed by atoms with Crippen molar-refractivity contribution in [3.63, 3.8) is 0 Å². The van der Waals surface area contributed by atoms with Gasteiger partial charge in [-0.25, -0.2) is 0 Å². The molecule has 5 rings (SSSR count). The van der Waals surface area contributed by atoms with Gasteiger partial charge in [0.1, 0.15) is 18.1 Å². The first kappa shape index (κ1) is 43.8. The van der Waals surface area contributed by atoms with E-state index in [9.17, 15) is 33.9 Å². The second-order valence-corrected chi connectivity index (χ2v) is 16.0. The third-order valence-corrected chi connectivity index (χ3v) is 11.2. The van der Waals surface area contributed by atoms with Crippen LogP contribution in [0.4, 0.5) is 5.69 Å². The highest BCUT2D eigenvalue weighted by molar-refractivity contribution is 6.31. The minimum Gasteiger partial charge on any atom is -0.392 e. The molecule has 0 unspecified atom stereocenters. The number of aliphatic hydroxyl groups excluding tert-OH is 1. The Labute approximate surface area is 344 Å². The number of benzene rings is 3. The number of carbonyl (C=O) groups excluding carboxylic acids is 6. The molecule has 310 valence electrons. The van der Waals surface area contributed by atoms with E-state index >= 15 is 0 Å². The van der Waals surface area contributed by atoms with Gasteiger partial charge < -0.3 is 37.0 Å². The number of rotatable bonds is 10. The Hall–Kier alpha value is -5.27. The van der Waals surface area contributed by atoms with Crippen LogP contribution < -0.4 is 31.9 Å². The van der Waals surface area contributed by atoms with Gasteiger partial charge in [0.15, 0.2) is 0 Å². The summed E-state index contributed by atoms with van der Waals surface area (Å²) < 4.78 is 0. The molecular weight excluding hydrogens is 760 g/mol. The van der Waals surface area contributed by atoms with Crippen molar-refractivity contribution in [3.8, 4) is 0 Å². The predicted octanol–water partition coefficient (Wildman–Crippen LogP) is 4.03. The summed E-state index contributed by atoms with van der Waals surface area (Å²) in [4.78, 5) is 79.9. The minimum absolute atomic E-state index is 0.0256. The first-order valence-corrected chi connectivity index (χ1v) is 20.6. The van der Waals surface area contributed by atoms with Gasteiger partial charge in [-0.3, -0.25) is 28.8 Å². The molecule has 1 spiro atoms. The molecule has 1 aliphatic carbocycles. The van der Waals surface area contributed by atoms with Crippen molar-refractivity contribution in [1.82, 2.24) is 26.6 Å². The van der Waals surface area contributed by atoms with E-state index in [4.69, 9.17) is 11.6 Å². The van der Waals surface area contributed by atoms with Gasteiger partial charge in [-0.1, -0.05) is 79.0 Å². The van der Waals surface area contributed by atoms with Crippen LogP contribution in [0.1, 0.15) is 87.0 Å². The lowest BCUT2D eigenvalue weighted by molar-refractivity contribution is -0.133. The lowest BCUT2D eigenvalue weighted by Crippen LogP contribution is -2.54. The SMILES string of the molecule is C[C@H]1NC(=O)[C@@H](Cc2ccc(NC(=O)[C@H](Cc3ccccc3Cl)NC(=O)Cc3ccc(CO)cc3)cc2)NC(=O)CC2(CCCC2)CC(=O)NCCCCCNC1=O. The van der Waals surface area contributed by atoms with Gasteiger partial charge >= 0.3 is 0 Å². The average molecular weight is 815 g/mol. The standard InChI is InChI=1S/C44H55ClN6O7/c1-29-41(56)47-22-8-2-7-21-46-39(54)26-44(19-5-6-20-44)27-40(55)51-36(42(57)48-29)23-30-15-17-34(18-16-30)49-43(58)37(25-33-9-3-4-10-35(33)45)50-38(53)24-31-11-13-32(28-52)14-12-31/h3-4,9-18,29,36-37,52H,2,5-8,19-28H2,1H3,(H,46,54)(H,47,56)(H,48,57)(H,49,58)(H,50,53)(H,51,55)/t29-,36-,37+/m1/s1. The zero-order chi connectivity index (χ0) is 41.5. The van der Waals surface area contributed by atoms with Crippen molar-refractivity contribution in [2.45, 2.75) is 109 Å². The number of amides is 6. The fraction of sp³-hybridized carbons (Fsp3) is 0.455. The number of carbonyl (C=O) groups is 6. The third-order valence-electron chi connectivity index (χ3n) is 10.9. The van der Waals surface area contributed by atoms with Crippen molar-refractivity contribution in [3.05, 3.63) is 100 Å². The topological polar surface area (TPSA) is 195 Å². The van der Waals surface area contributed by atoms with E-state index in [1.165, 1.54) is 0 Å². The van der Waals surface area contributed by atoms with Crippen molar-refractivity contribution < 1.29 is 33.9 Å². The summed E-state index contributed by atoms with van der Waals surface area (Å²) in [5.41, 5.74) is 2.77. The van der Waals surface area contributed by atoms with Gasteiger partial charge in [0.05, 0.1) is 13.0 Å². The molecule has 1 aliphatic heterocycles. The largest absolute Gasteiger partial charge is 0.392 e. The summed E-state index contributed by atoms with van der Waals surface area (Å²) in [6.07, 6.45) is 6.29. The Kier molecular flexibility index (Phi) is 16.2. The first-order valence-electron chi connectivity index (χ1n) is 20.2. The van der Waals surface area contributed by atoms with Gasteiger partial charge in [0, 0.05) is 49.5 Å². The molecule has 3 aromatic carbocycles. The van der Waals surface area contributed by atoms with Crippen molar-refractivity contribution in [1.29, 1.82) is 0 Å². The summed E-state index contributed by atoms with van der Waals surface area (Å²) in [5, 5.41) is 27.0. The van der Waals surface area contributed by atoms with E-state index < -0.39 is 35.4 Å². The molecule has 0 radical (unpaired) electrons. The van der Waals surface area contributed by atoms with Crippen molar-refractivity contribution >= 4 is 52.7 Å². The second-order valence-electron chi connectivity index (χ2n) is 15.6. The quantitative estimate of drug-likeness (QED) is 0.161. The maximum atomic E-state index is 13.7. The molecule has 3 aromatic rings. The molecule has 14 heteroatoms. The van der Waals surface area contributed by atoms with Crippen LogP contribution in [0.5, 0.6) is 0 Å². The Bertz CT molecular complexity index is 1900. The van der Waals surface area contributed by atoms with Crippen LogP contribution in [0.25, 0.3) is 0 Å². The normalized spacial score (nSPS) is 20.1. The van der Waals surface area contributed by atoms with Crippen LogP contribution >= 0.6 is 11.6 Å². The molecule has 0 aromatic heterocycles. The fourth-order valence-electron chi connectivity index (χ4n) is 7.61. The molecule has 7 N–H and O–H groups in total. The highest BCUT2D eigenvalue weighted by Gasteiger charge is 2.39. The first-order chi connectivity index (χ1) is 27.9. The molecule has 3 atom stereocenters. The maximum Gasteiger partial charge on any atom is 0.247 e. The zero-order valence-corrected chi connectivity index (χ0v) is 33.8. The highest BCUT2D eigenvalue weighted by Crippen LogP contribution is 2.44. The molecule has 0 bridgehead atoms. The molecule has 1 heterocycles. The van der Waals surface area contributed by atoms with E-state index in [2.05, 4.69) is 31.9 Å². The van der Waals surface area contributed by atoms with Crippen LogP contribution in [0, 0.1) is 5.41 Å². The van der Waals surface area contributed by atoms with Gasteiger partial charge in [-0.2, -0.15) is 0 Å². The van der Waals surface area contributed by atoms with Gasteiger partial charge in [0.25, 0.3) is 0 Å². The van der Waals surface area contributed by atoms with Gasteiger partial charge in [-0.15, -0.1) is 0 Å². The van der Waals surface area contributed by atoms with Gasteiger partial charge in [0.2, 0.25) is 35.4 Å². The Morgan fingerprint density at radius 3 is 2.10 bits per heavy atom. The number of anilines is 1. The number of halogens is 1. The third kappa shape index (κ3) is 13.4. The molecule has 1 saturated carbocycles. The lowest BCUT2D eigenvalue weighted by atomic mass is 9.78. The Balaban J connectivity index is 1.29. The summed E-state index contributed by atoms with van der Waals surface area (Å²) in [7, 11) is 0. The second kappa shape index (κ2) is 21.5. The number of nitrogens with one attached hydrogen (secondary N) is 6. The molecular formula is C44H55ClN6O7. The highest BCUT2D eigenvalue weighted by atomic mass is 35.5. The number of hydrogen-bond acceptors (Lipinski definition) is 7. The van der Waals surface area contributed by atoms with E-state index in [-0.39, 0.29) is 62.3 Å². The molecule has 2 fully saturated rings. The summed E-state index contributed by atoms with van der Waals surface area (Å²) in [5.74, 6) is -2.11. The molecule has 13 nitrogen and oxygen atoms in total. The van der Waals surface area contributed by atoms with Crippen molar-refractivity contribution in [2.75, 3.05) is 18.4 Å². The monoisotopic (exact) mass is 814 g/mol. The lowest BCUT2D eigenvalue weighted by Gasteiger charge is -2.29. The molecule has 6 amide bonds. The van der Waals surface area contributed by atoms with E-state index in [0.29, 0.717) is 34.9 Å². The van der Waals surface area contributed by atoms with Crippen LogP contribution in [-0.2, 0) is 54.6 Å². The Morgan fingerprint density at radius 1 is 0.776 bits per heavy atom. The number of hydrogen-bond donors (Lipinski definition) is 7. The van der Waals surface area contributed by atoms with Crippen molar-refractivity contribution in [2.24, 2.45) is 5.41 Å². The fourth-order valence-corrected chi connectivity index (χ4v) is 7.83. The van der Waals surface area contributed by atoms with Crippen LogP contribution in [-0.4, -0.2) is 71.8 Å². The van der Waals surface area contributed by atoms with E-state index in [0.717, 1.165) is 56.1 Å². The smallest absolute Gasteiger partial charge is 0.247 e. The van der Waals surface area contributed by atoms with Crippen LogP contribution in [0.15, 0.2) is 72.8 Å². The number of aliphatic hydroxyl groups is 1.